The van der Waals surface area contributed by atoms with E-state index in [9.17, 15) is 14.7 Å². The Morgan fingerprint density at radius 2 is 1.92 bits per heavy atom. The number of piperazine rings is 1. The van der Waals surface area contributed by atoms with E-state index in [1.165, 1.54) is 4.90 Å². The lowest BCUT2D eigenvalue weighted by Crippen LogP contribution is -2.58. The maximum atomic E-state index is 12.2. The smallest absolute Gasteiger partial charge is 0.410 e. The standard InChI is InChI=1S/C17H24N2O4.ClH/c1-13(2)10-18-8-9-19(11-15(18)16(20)21)17(22)23-12-14-6-4-3-5-7-14;/h3-7,13,15H,8-12H2,1-2H3,(H,20,21);1H. The largest absolute Gasteiger partial charge is 0.480 e. The Kier molecular flexibility index (Phi) is 8.01. The minimum absolute atomic E-state index is 0. The zero-order valence-corrected chi connectivity index (χ0v) is 14.9. The molecule has 0 aliphatic carbocycles. The van der Waals surface area contributed by atoms with Crippen molar-refractivity contribution in [1.82, 2.24) is 9.80 Å². The van der Waals surface area contributed by atoms with Crippen LogP contribution in [-0.4, -0.2) is 59.2 Å². The van der Waals surface area contributed by atoms with Crippen LogP contribution in [0.25, 0.3) is 0 Å². The minimum Gasteiger partial charge on any atom is -0.480 e. The van der Waals surface area contributed by atoms with E-state index in [1.807, 2.05) is 35.2 Å². The number of nitrogens with zero attached hydrogens (tertiary/aromatic N) is 2. The summed E-state index contributed by atoms with van der Waals surface area (Å²) in [4.78, 5) is 27.0. The predicted octanol–water partition coefficient (Wildman–Crippen LogP) is 2.47. The molecule has 0 saturated carbocycles. The third-order valence-corrected chi connectivity index (χ3v) is 3.84. The van der Waals surface area contributed by atoms with E-state index in [0.29, 0.717) is 25.6 Å². The molecule has 1 amide bonds. The molecule has 1 unspecified atom stereocenters. The number of hydrogen-bond acceptors (Lipinski definition) is 4. The van der Waals surface area contributed by atoms with Gasteiger partial charge in [-0.3, -0.25) is 9.69 Å². The van der Waals surface area contributed by atoms with Gasteiger partial charge in [-0.1, -0.05) is 44.2 Å². The number of halogens is 1. The van der Waals surface area contributed by atoms with Crippen LogP contribution in [0.4, 0.5) is 4.79 Å². The molecule has 0 aromatic heterocycles. The van der Waals surface area contributed by atoms with Crippen LogP contribution in [0, 0.1) is 5.92 Å². The number of rotatable bonds is 5. The van der Waals surface area contributed by atoms with Crippen molar-refractivity contribution >= 4 is 24.5 Å². The molecule has 1 aromatic carbocycles. The average molecular weight is 357 g/mol. The lowest BCUT2D eigenvalue weighted by molar-refractivity contribution is -0.145. The van der Waals surface area contributed by atoms with E-state index in [0.717, 1.165) is 5.56 Å². The summed E-state index contributed by atoms with van der Waals surface area (Å²) in [7, 11) is 0. The molecule has 1 fully saturated rings. The molecule has 24 heavy (non-hydrogen) atoms. The van der Waals surface area contributed by atoms with Gasteiger partial charge in [-0.05, 0) is 11.5 Å². The summed E-state index contributed by atoms with van der Waals surface area (Å²) in [5, 5.41) is 9.41. The highest BCUT2D eigenvalue weighted by Gasteiger charge is 2.34. The van der Waals surface area contributed by atoms with Crippen LogP contribution in [0.2, 0.25) is 0 Å². The number of amides is 1. The first kappa shape index (κ1) is 20.3. The summed E-state index contributed by atoms with van der Waals surface area (Å²) >= 11 is 0. The third kappa shape index (κ3) is 5.69. The van der Waals surface area contributed by atoms with Crippen LogP contribution in [-0.2, 0) is 16.1 Å². The van der Waals surface area contributed by atoms with Gasteiger partial charge in [0.15, 0.2) is 0 Å². The Labute approximate surface area is 148 Å². The van der Waals surface area contributed by atoms with Crippen molar-refractivity contribution in [2.24, 2.45) is 5.92 Å². The quantitative estimate of drug-likeness (QED) is 0.877. The zero-order valence-electron chi connectivity index (χ0n) is 14.1. The molecular formula is C17H25ClN2O4. The molecule has 1 saturated heterocycles. The highest BCUT2D eigenvalue weighted by Crippen LogP contribution is 2.14. The lowest BCUT2D eigenvalue weighted by atomic mass is 10.1. The van der Waals surface area contributed by atoms with E-state index < -0.39 is 18.1 Å². The van der Waals surface area contributed by atoms with Gasteiger partial charge in [0.1, 0.15) is 12.6 Å². The van der Waals surface area contributed by atoms with Crippen molar-refractivity contribution in [3.05, 3.63) is 35.9 Å². The number of hydrogen-bond donors (Lipinski definition) is 1. The topological polar surface area (TPSA) is 70.1 Å². The number of aliphatic carboxylic acids is 1. The molecule has 0 spiro atoms. The average Bonchev–Trinajstić information content (AvgIpc) is 2.53. The van der Waals surface area contributed by atoms with Gasteiger partial charge in [0.05, 0.1) is 6.54 Å². The number of benzene rings is 1. The third-order valence-electron chi connectivity index (χ3n) is 3.84. The highest BCUT2D eigenvalue weighted by atomic mass is 35.5. The molecule has 0 radical (unpaired) electrons. The molecule has 134 valence electrons. The first-order valence-electron chi connectivity index (χ1n) is 7.90. The molecule has 1 aliphatic heterocycles. The number of carboxylic acids is 1. The number of carbonyl (C=O) groups excluding carboxylic acids is 1. The fourth-order valence-electron chi connectivity index (χ4n) is 2.72. The monoisotopic (exact) mass is 356 g/mol. The summed E-state index contributed by atoms with van der Waals surface area (Å²) in [6, 6.07) is 8.76. The van der Waals surface area contributed by atoms with Crippen molar-refractivity contribution in [2.75, 3.05) is 26.2 Å². The van der Waals surface area contributed by atoms with Crippen LogP contribution >= 0.6 is 12.4 Å². The van der Waals surface area contributed by atoms with Gasteiger partial charge < -0.3 is 14.7 Å². The van der Waals surface area contributed by atoms with Gasteiger partial charge >= 0.3 is 12.1 Å². The van der Waals surface area contributed by atoms with E-state index in [-0.39, 0.29) is 25.6 Å². The van der Waals surface area contributed by atoms with E-state index in [2.05, 4.69) is 13.8 Å². The van der Waals surface area contributed by atoms with Crippen molar-refractivity contribution in [1.29, 1.82) is 0 Å². The Hall–Kier alpha value is -1.79. The molecule has 2 rings (SSSR count). The van der Waals surface area contributed by atoms with Gasteiger partial charge in [0.2, 0.25) is 0 Å². The second-order valence-electron chi connectivity index (χ2n) is 6.23. The summed E-state index contributed by atoms with van der Waals surface area (Å²) in [5.41, 5.74) is 0.911. The van der Waals surface area contributed by atoms with Gasteiger partial charge in [0, 0.05) is 19.6 Å². The minimum atomic E-state index is -0.897. The fourth-order valence-corrected chi connectivity index (χ4v) is 2.72. The van der Waals surface area contributed by atoms with Gasteiger partial charge in [-0.15, -0.1) is 12.4 Å². The Balaban J connectivity index is 0.00000288. The molecule has 1 N–H and O–H groups in total. The van der Waals surface area contributed by atoms with E-state index in [4.69, 9.17) is 4.74 Å². The maximum absolute atomic E-state index is 12.2. The maximum Gasteiger partial charge on any atom is 0.410 e. The molecule has 1 aromatic rings. The zero-order chi connectivity index (χ0) is 16.8. The molecule has 6 nitrogen and oxygen atoms in total. The van der Waals surface area contributed by atoms with Crippen molar-refractivity contribution in [2.45, 2.75) is 26.5 Å². The highest BCUT2D eigenvalue weighted by molar-refractivity contribution is 5.85. The van der Waals surface area contributed by atoms with Crippen LogP contribution < -0.4 is 0 Å². The predicted molar refractivity (Wildman–Crippen MR) is 93.3 cm³/mol. The van der Waals surface area contributed by atoms with Crippen molar-refractivity contribution < 1.29 is 19.4 Å². The van der Waals surface area contributed by atoms with Gasteiger partial charge in [-0.25, -0.2) is 4.79 Å². The van der Waals surface area contributed by atoms with Crippen LogP contribution in [0.1, 0.15) is 19.4 Å². The molecule has 0 bridgehead atoms. The van der Waals surface area contributed by atoms with Crippen molar-refractivity contribution in [3.63, 3.8) is 0 Å². The summed E-state index contributed by atoms with van der Waals surface area (Å²) in [5.74, 6) is -0.514. The van der Waals surface area contributed by atoms with Gasteiger partial charge in [0.25, 0.3) is 0 Å². The molecule has 1 aliphatic rings. The number of ether oxygens (including phenoxy) is 1. The SMILES string of the molecule is CC(C)CN1CCN(C(=O)OCc2ccccc2)CC1C(=O)O.Cl. The second kappa shape index (κ2) is 9.49. The van der Waals surface area contributed by atoms with Crippen LogP contribution in [0.3, 0.4) is 0 Å². The summed E-state index contributed by atoms with van der Waals surface area (Å²) in [6.07, 6.45) is -0.454. The van der Waals surface area contributed by atoms with Crippen molar-refractivity contribution in [3.8, 4) is 0 Å². The molecule has 1 heterocycles. The Bertz CT molecular complexity index is 539. The van der Waals surface area contributed by atoms with E-state index in [1.54, 1.807) is 0 Å². The van der Waals surface area contributed by atoms with Crippen LogP contribution in [0.5, 0.6) is 0 Å². The number of carboxylic acid groups (broad SMARTS) is 1. The van der Waals surface area contributed by atoms with E-state index >= 15 is 0 Å². The summed E-state index contributed by atoms with van der Waals surface area (Å²) < 4.78 is 5.29. The normalized spacial score (nSPS) is 18.1. The first-order valence-corrected chi connectivity index (χ1v) is 7.90. The Morgan fingerprint density at radius 3 is 2.50 bits per heavy atom. The lowest BCUT2D eigenvalue weighted by Gasteiger charge is -2.39. The fraction of sp³-hybridized carbons (Fsp3) is 0.529. The molecule has 7 heteroatoms. The van der Waals surface area contributed by atoms with Gasteiger partial charge in [-0.2, -0.15) is 0 Å². The first-order chi connectivity index (χ1) is 11.0. The number of carbonyl (C=O) groups is 2. The molecular weight excluding hydrogens is 332 g/mol. The second-order valence-corrected chi connectivity index (χ2v) is 6.23. The molecule has 1 atom stereocenters. The van der Waals surface area contributed by atoms with Crippen LogP contribution in [0.15, 0.2) is 30.3 Å². The summed E-state index contributed by atoms with van der Waals surface area (Å²) in [6.45, 7) is 6.22. The Morgan fingerprint density at radius 1 is 1.25 bits per heavy atom.